The number of carbonyl (C=O) groups is 4. The first kappa shape index (κ1) is 60.5. The third kappa shape index (κ3) is 36.2. The lowest BCUT2D eigenvalue weighted by atomic mass is 9.92. The van der Waals surface area contributed by atoms with Crippen molar-refractivity contribution < 1.29 is 93.9 Å². The van der Waals surface area contributed by atoms with E-state index in [4.69, 9.17) is 51.9 Å². The zero-order chi connectivity index (χ0) is 47.8. The van der Waals surface area contributed by atoms with E-state index in [-0.39, 0.29) is 62.7 Å². The zero-order valence-corrected chi connectivity index (χ0v) is 39.1. The van der Waals surface area contributed by atoms with Crippen molar-refractivity contribution in [3.05, 3.63) is 0 Å². The standard InChI is InChI=1S/C41H77N3O20S/c1-33(30-60-18-9-37(47)43-12-20-56-24-28-58-26-22-54-15-7-14-45)31-61-19-10-38(48)44-13-21-57-25-29-59-27-23-55-17-8-36(46)42-11-5-3-4-6-16-62-41-34(2)39(49)40(50)35(64-41)32-63-65(51,52)53/h14,33-35,39-41,49-50H,3-13,15-32H2,1-2H3,(H,42,46)(H,43,47)(H,44,48)(H,51,52,53)/t33-,34?,35?,39?,40?,41?/m1/s1. The number of aliphatic hydroxyl groups is 2. The summed E-state index contributed by atoms with van der Waals surface area (Å²) in [4.78, 5) is 46.2. The van der Waals surface area contributed by atoms with E-state index in [1.54, 1.807) is 6.92 Å². The zero-order valence-electron chi connectivity index (χ0n) is 38.2. The number of hydrogen-bond donors (Lipinski definition) is 6. The van der Waals surface area contributed by atoms with Crippen molar-refractivity contribution in [2.45, 2.75) is 89.8 Å². The molecular formula is C41H77N3O20S. The van der Waals surface area contributed by atoms with Crippen molar-refractivity contribution in [2.75, 3.05) is 139 Å². The van der Waals surface area contributed by atoms with Gasteiger partial charge in [0.15, 0.2) is 6.29 Å². The number of aliphatic hydroxyl groups excluding tert-OH is 2. The molecule has 23 nitrogen and oxygen atoms in total. The van der Waals surface area contributed by atoms with Crippen LogP contribution in [0.4, 0.5) is 0 Å². The van der Waals surface area contributed by atoms with E-state index in [1.807, 2.05) is 6.92 Å². The van der Waals surface area contributed by atoms with Gasteiger partial charge in [0.05, 0.1) is 118 Å². The van der Waals surface area contributed by atoms with Gasteiger partial charge in [-0.05, 0) is 12.8 Å². The summed E-state index contributed by atoms with van der Waals surface area (Å²) in [5, 5.41) is 28.8. The highest BCUT2D eigenvalue weighted by atomic mass is 32.3. The number of aldehydes is 1. The summed E-state index contributed by atoms with van der Waals surface area (Å²) < 4.78 is 89.4. The van der Waals surface area contributed by atoms with Crippen LogP contribution in [-0.2, 0) is 81.1 Å². The fourth-order valence-electron chi connectivity index (χ4n) is 5.68. The largest absolute Gasteiger partial charge is 0.397 e. The smallest absolute Gasteiger partial charge is 0.390 e. The van der Waals surface area contributed by atoms with Gasteiger partial charge in [-0.15, -0.1) is 0 Å². The number of unbranched alkanes of at least 4 members (excludes halogenated alkanes) is 3. The van der Waals surface area contributed by atoms with Gasteiger partial charge in [0.2, 0.25) is 17.7 Å². The molecule has 0 aromatic carbocycles. The summed E-state index contributed by atoms with van der Waals surface area (Å²) in [5.41, 5.74) is 0. The van der Waals surface area contributed by atoms with Crippen molar-refractivity contribution in [3.8, 4) is 0 Å². The Morgan fingerprint density at radius 1 is 0.600 bits per heavy atom. The van der Waals surface area contributed by atoms with Crippen LogP contribution in [0.5, 0.6) is 0 Å². The van der Waals surface area contributed by atoms with Gasteiger partial charge in [-0.1, -0.05) is 26.7 Å². The van der Waals surface area contributed by atoms with Crippen molar-refractivity contribution >= 4 is 34.4 Å². The van der Waals surface area contributed by atoms with Crippen LogP contribution in [0.15, 0.2) is 0 Å². The van der Waals surface area contributed by atoms with E-state index in [9.17, 15) is 37.8 Å². The summed E-state index contributed by atoms with van der Waals surface area (Å²) in [6.07, 6.45) is 0.233. The van der Waals surface area contributed by atoms with Crippen LogP contribution in [0.1, 0.15) is 65.2 Å². The van der Waals surface area contributed by atoms with E-state index < -0.39 is 47.5 Å². The summed E-state index contributed by atoms with van der Waals surface area (Å²) in [6, 6.07) is 0. The lowest BCUT2D eigenvalue weighted by Crippen LogP contribution is -2.55. The Labute approximate surface area is 383 Å². The maximum atomic E-state index is 12.1. The predicted octanol–water partition coefficient (Wildman–Crippen LogP) is -0.658. The molecule has 1 fully saturated rings. The van der Waals surface area contributed by atoms with E-state index in [1.165, 1.54) is 0 Å². The second-order valence-electron chi connectivity index (χ2n) is 15.1. The molecule has 0 saturated carbocycles. The molecule has 1 saturated heterocycles. The number of rotatable bonds is 45. The first-order valence-electron chi connectivity index (χ1n) is 22.4. The minimum absolute atomic E-state index is 0.0973. The van der Waals surface area contributed by atoms with Crippen LogP contribution in [0, 0.1) is 11.8 Å². The van der Waals surface area contributed by atoms with Gasteiger partial charge in [0, 0.05) is 63.8 Å². The molecule has 1 rings (SSSR count). The number of hydrogen-bond acceptors (Lipinski definition) is 19. The topological polar surface area (TPSA) is 301 Å². The van der Waals surface area contributed by atoms with Gasteiger partial charge >= 0.3 is 10.4 Å². The van der Waals surface area contributed by atoms with Crippen LogP contribution in [0.25, 0.3) is 0 Å². The Bertz CT molecular complexity index is 1320. The van der Waals surface area contributed by atoms with Gasteiger partial charge in [-0.25, -0.2) is 4.18 Å². The molecule has 6 N–H and O–H groups in total. The molecule has 0 spiro atoms. The molecule has 1 aliphatic heterocycles. The Morgan fingerprint density at radius 3 is 1.55 bits per heavy atom. The molecule has 65 heavy (non-hydrogen) atoms. The number of nitrogens with one attached hydrogen (secondary N) is 3. The minimum Gasteiger partial charge on any atom is -0.390 e. The molecule has 0 aliphatic carbocycles. The predicted molar refractivity (Wildman–Crippen MR) is 231 cm³/mol. The van der Waals surface area contributed by atoms with Gasteiger partial charge in [-0.2, -0.15) is 8.42 Å². The molecule has 1 aliphatic rings. The SMILES string of the molecule is CC1C(OCCCCCCNC(=O)CCOCCOCCOCCNC(=O)CCOC[C@H](C)COCCC(=O)NCCOCCOCCOCCC=O)OC(COS(=O)(=O)O)C(O)C1O. The Morgan fingerprint density at radius 2 is 1.05 bits per heavy atom. The van der Waals surface area contributed by atoms with E-state index >= 15 is 0 Å². The fraction of sp³-hybridized carbons (Fsp3) is 0.902. The summed E-state index contributed by atoms with van der Waals surface area (Å²) in [5.74, 6) is -0.862. The van der Waals surface area contributed by atoms with Crippen LogP contribution >= 0.6 is 0 Å². The van der Waals surface area contributed by atoms with Crippen molar-refractivity contribution in [1.29, 1.82) is 0 Å². The van der Waals surface area contributed by atoms with Gasteiger partial charge in [-0.3, -0.25) is 18.9 Å². The van der Waals surface area contributed by atoms with E-state index in [0.717, 1.165) is 25.5 Å². The van der Waals surface area contributed by atoms with Crippen molar-refractivity contribution in [1.82, 2.24) is 16.0 Å². The summed E-state index contributed by atoms with van der Waals surface area (Å²) >= 11 is 0. The monoisotopic (exact) mass is 963 g/mol. The number of amides is 3. The van der Waals surface area contributed by atoms with Crippen LogP contribution in [0.3, 0.4) is 0 Å². The Hall–Kier alpha value is -2.53. The normalized spacial score (nSPS) is 19.2. The molecule has 0 aromatic rings. The van der Waals surface area contributed by atoms with Crippen molar-refractivity contribution in [3.63, 3.8) is 0 Å². The third-order valence-corrected chi connectivity index (χ3v) is 9.73. The summed E-state index contributed by atoms with van der Waals surface area (Å²) in [7, 11) is -4.73. The maximum Gasteiger partial charge on any atom is 0.397 e. The second-order valence-corrected chi connectivity index (χ2v) is 16.2. The molecule has 1 heterocycles. The van der Waals surface area contributed by atoms with Crippen LogP contribution in [0.2, 0.25) is 0 Å². The first-order chi connectivity index (χ1) is 31.3. The molecule has 0 radical (unpaired) electrons. The highest BCUT2D eigenvalue weighted by Crippen LogP contribution is 2.27. The average Bonchev–Trinajstić information content (AvgIpc) is 3.27. The highest BCUT2D eigenvalue weighted by molar-refractivity contribution is 7.80. The maximum absolute atomic E-state index is 12.1. The molecule has 3 amide bonds. The minimum atomic E-state index is -4.73. The lowest BCUT2D eigenvalue weighted by molar-refractivity contribution is -0.281. The number of carbonyl (C=O) groups excluding carboxylic acids is 4. The first-order valence-corrected chi connectivity index (χ1v) is 23.8. The molecule has 24 heteroatoms. The quantitative estimate of drug-likeness (QED) is 0.0251. The molecule has 0 aromatic heterocycles. The molecule has 6 atom stereocenters. The van der Waals surface area contributed by atoms with E-state index in [2.05, 4.69) is 20.1 Å². The third-order valence-electron chi connectivity index (χ3n) is 9.29. The highest BCUT2D eigenvalue weighted by Gasteiger charge is 2.43. The van der Waals surface area contributed by atoms with Gasteiger partial charge in [0.25, 0.3) is 0 Å². The molecule has 382 valence electrons. The summed E-state index contributed by atoms with van der Waals surface area (Å²) in [6.45, 7) is 10.4. The van der Waals surface area contributed by atoms with Gasteiger partial charge < -0.3 is 78.3 Å². The molecular weight excluding hydrogens is 887 g/mol. The number of ether oxygens (including phenoxy) is 10. The van der Waals surface area contributed by atoms with Crippen molar-refractivity contribution in [2.24, 2.45) is 11.8 Å². The van der Waals surface area contributed by atoms with Crippen LogP contribution < -0.4 is 16.0 Å². The van der Waals surface area contributed by atoms with Gasteiger partial charge in [0.1, 0.15) is 18.5 Å². The Kier molecular flexibility index (Phi) is 37.7. The van der Waals surface area contributed by atoms with E-state index in [0.29, 0.717) is 125 Å². The fourth-order valence-corrected chi connectivity index (χ4v) is 5.98. The average molecular weight is 964 g/mol. The Balaban J connectivity index is 1.84. The molecule has 0 bridgehead atoms. The lowest BCUT2D eigenvalue weighted by Gasteiger charge is -2.40. The van der Waals surface area contributed by atoms with Crippen LogP contribution in [-0.4, -0.2) is 210 Å². The second kappa shape index (κ2) is 40.5. The molecule has 5 unspecified atom stereocenters.